The summed E-state index contributed by atoms with van der Waals surface area (Å²) >= 11 is 0. The molecule has 0 amide bonds. The normalized spacial score (nSPS) is 10.5. The number of carbonyl (C=O) groups is 1. The number of hydrogen-bond donors (Lipinski definition) is 1. The van der Waals surface area contributed by atoms with Crippen molar-refractivity contribution in [3.05, 3.63) is 35.7 Å². The molecule has 68 valence electrons. The summed E-state index contributed by atoms with van der Waals surface area (Å²) in [6.07, 6.45) is 8.87. The van der Waals surface area contributed by atoms with Gasteiger partial charge in [-0.2, -0.15) is 0 Å². The fourth-order valence-electron chi connectivity index (χ4n) is 1.30. The van der Waals surface area contributed by atoms with Crippen molar-refractivity contribution in [3.63, 3.8) is 0 Å². The van der Waals surface area contributed by atoms with Crippen molar-refractivity contribution in [3.8, 4) is 0 Å². The molecule has 0 saturated carbocycles. The molecule has 0 aromatic carbocycles. The first-order valence-electron chi connectivity index (χ1n) is 4.22. The summed E-state index contributed by atoms with van der Waals surface area (Å²) in [7, 11) is 0. The van der Waals surface area contributed by atoms with E-state index in [1.807, 2.05) is 25.3 Å². The Hall–Kier alpha value is -1.57. The van der Waals surface area contributed by atoms with Crippen LogP contribution in [0.25, 0.3) is 12.2 Å². The number of allylic oxidation sites excluding steroid dienone is 1. The van der Waals surface area contributed by atoms with Crippen molar-refractivity contribution < 1.29 is 4.79 Å². The fourth-order valence-corrected chi connectivity index (χ4v) is 1.30. The number of hydrogen-bond acceptors (Lipinski definition) is 1. The molecule has 0 aliphatic rings. The number of rotatable bonds is 4. The lowest BCUT2D eigenvalue weighted by Gasteiger charge is -1.94. The second kappa shape index (κ2) is 4.45. The molecule has 1 heterocycles. The third-order valence-electron chi connectivity index (χ3n) is 1.88. The van der Waals surface area contributed by atoms with Gasteiger partial charge in [0.05, 0.1) is 0 Å². The summed E-state index contributed by atoms with van der Waals surface area (Å²) in [6, 6.07) is 0. The second-order valence-corrected chi connectivity index (χ2v) is 2.72. The highest BCUT2D eigenvalue weighted by atomic mass is 16.1. The van der Waals surface area contributed by atoms with Crippen molar-refractivity contribution >= 4 is 18.4 Å². The molecule has 2 nitrogen and oxygen atoms in total. The predicted octanol–water partition coefficient (Wildman–Crippen LogP) is 2.43. The molecule has 2 heteroatoms. The molecule has 0 radical (unpaired) electrons. The van der Waals surface area contributed by atoms with Gasteiger partial charge in [-0.1, -0.05) is 18.7 Å². The number of aromatic amines is 1. The summed E-state index contributed by atoms with van der Waals surface area (Å²) in [6.45, 7) is 5.67. The number of carbonyl (C=O) groups excluding carboxylic acids is 1. The summed E-state index contributed by atoms with van der Waals surface area (Å²) in [5.74, 6) is 0. The first kappa shape index (κ1) is 9.52. The van der Waals surface area contributed by atoms with Gasteiger partial charge in [-0.15, -0.1) is 0 Å². The Morgan fingerprint density at radius 2 is 2.38 bits per heavy atom. The van der Waals surface area contributed by atoms with E-state index in [9.17, 15) is 4.79 Å². The number of aldehydes is 1. The molecule has 1 rings (SSSR count). The van der Waals surface area contributed by atoms with E-state index < -0.39 is 0 Å². The molecule has 0 fully saturated rings. The van der Waals surface area contributed by atoms with Crippen LogP contribution in [-0.4, -0.2) is 11.3 Å². The lowest BCUT2D eigenvalue weighted by Crippen LogP contribution is -1.85. The van der Waals surface area contributed by atoms with Crippen molar-refractivity contribution in [2.75, 3.05) is 0 Å². The minimum atomic E-state index is 0.440. The van der Waals surface area contributed by atoms with E-state index >= 15 is 0 Å². The molecule has 13 heavy (non-hydrogen) atoms. The van der Waals surface area contributed by atoms with Gasteiger partial charge in [-0.3, -0.25) is 0 Å². The maximum atomic E-state index is 10.3. The van der Waals surface area contributed by atoms with Gasteiger partial charge in [0.2, 0.25) is 0 Å². The maximum Gasteiger partial charge on any atom is 0.124 e. The molecular weight excluding hydrogens is 162 g/mol. The Labute approximate surface area is 78.0 Å². The van der Waals surface area contributed by atoms with Gasteiger partial charge in [0.25, 0.3) is 0 Å². The zero-order chi connectivity index (χ0) is 9.68. The van der Waals surface area contributed by atoms with Gasteiger partial charge < -0.3 is 9.78 Å². The van der Waals surface area contributed by atoms with Crippen molar-refractivity contribution in [1.29, 1.82) is 0 Å². The van der Waals surface area contributed by atoms with Crippen LogP contribution >= 0.6 is 0 Å². The van der Waals surface area contributed by atoms with Gasteiger partial charge in [0, 0.05) is 23.9 Å². The summed E-state index contributed by atoms with van der Waals surface area (Å²) in [4.78, 5) is 13.4. The summed E-state index contributed by atoms with van der Waals surface area (Å²) in [5.41, 5.74) is 3.03. The molecule has 0 aliphatic heterocycles. The SMILES string of the molecule is C=Cc1c(CC=O)c[nH]c1/C=C\C. The number of nitrogens with one attached hydrogen (secondary N) is 1. The van der Waals surface area contributed by atoms with E-state index in [0.717, 1.165) is 23.1 Å². The number of aromatic nitrogens is 1. The van der Waals surface area contributed by atoms with Crippen LogP contribution in [0.4, 0.5) is 0 Å². The van der Waals surface area contributed by atoms with E-state index in [2.05, 4.69) is 11.6 Å². The van der Waals surface area contributed by atoms with E-state index in [4.69, 9.17) is 0 Å². The first-order valence-corrected chi connectivity index (χ1v) is 4.22. The maximum absolute atomic E-state index is 10.3. The van der Waals surface area contributed by atoms with Crippen LogP contribution in [0.1, 0.15) is 23.7 Å². The Morgan fingerprint density at radius 1 is 1.62 bits per heavy atom. The molecule has 0 unspecified atom stereocenters. The van der Waals surface area contributed by atoms with Gasteiger partial charge in [-0.25, -0.2) is 0 Å². The molecule has 0 saturated heterocycles. The van der Waals surface area contributed by atoms with Crippen LogP contribution in [0.5, 0.6) is 0 Å². The van der Waals surface area contributed by atoms with Crippen LogP contribution in [0.3, 0.4) is 0 Å². The highest BCUT2D eigenvalue weighted by molar-refractivity contribution is 5.68. The Bertz CT molecular complexity index is 334. The zero-order valence-electron chi connectivity index (χ0n) is 7.71. The standard InChI is InChI=1S/C11H13NO/c1-3-5-11-10(4-2)9(6-7-13)8-12-11/h3-5,7-8,12H,2,6H2,1H3/b5-3-. The predicted molar refractivity (Wildman–Crippen MR) is 55.4 cm³/mol. The first-order chi connectivity index (χ1) is 6.33. The van der Waals surface area contributed by atoms with Crippen LogP contribution in [-0.2, 0) is 11.2 Å². The van der Waals surface area contributed by atoms with E-state index in [0.29, 0.717) is 6.42 Å². The summed E-state index contributed by atoms with van der Waals surface area (Å²) in [5, 5.41) is 0. The molecule has 0 bridgehead atoms. The molecular formula is C11H13NO. The Kier molecular flexibility index (Phi) is 3.26. The molecule has 1 aromatic heterocycles. The van der Waals surface area contributed by atoms with Crippen LogP contribution in [0.15, 0.2) is 18.9 Å². The van der Waals surface area contributed by atoms with Crippen LogP contribution in [0.2, 0.25) is 0 Å². The Balaban J connectivity index is 3.09. The second-order valence-electron chi connectivity index (χ2n) is 2.72. The van der Waals surface area contributed by atoms with E-state index in [1.54, 1.807) is 6.08 Å². The molecule has 0 spiro atoms. The van der Waals surface area contributed by atoms with Gasteiger partial charge >= 0.3 is 0 Å². The molecule has 1 N–H and O–H groups in total. The molecule has 0 atom stereocenters. The van der Waals surface area contributed by atoms with Gasteiger partial charge in [-0.05, 0) is 18.6 Å². The highest BCUT2D eigenvalue weighted by Gasteiger charge is 2.04. The summed E-state index contributed by atoms with van der Waals surface area (Å²) < 4.78 is 0. The minimum Gasteiger partial charge on any atom is -0.361 e. The van der Waals surface area contributed by atoms with Crippen molar-refractivity contribution in [2.24, 2.45) is 0 Å². The van der Waals surface area contributed by atoms with E-state index in [-0.39, 0.29) is 0 Å². The Morgan fingerprint density at radius 3 is 2.92 bits per heavy atom. The fraction of sp³-hybridized carbons (Fsp3) is 0.182. The van der Waals surface area contributed by atoms with Crippen molar-refractivity contribution in [2.45, 2.75) is 13.3 Å². The largest absolute Gasteiger partial charge is 0.361 e. The molecule has 0 aliphatic carbocycles. The third kappa shape index (κ3) is 1.96. The monoisotopic (exact) mass is 175 g/mol. The topological polar surface area (TPSA) is 32.9 Å². The van der Waals surface area contributed by atoms with Crippen LogP contribution in [0, 0.1) is 0 Å². The van der Waals surface area contributed by atoms with Gasteiger partial charge in [0.1, 0.15) is 6.29 Å². The third-order valence-corrected chi connectivity index (χ3v) is 1.88. The lowest BCUT2D eigenvalue weighted by molar-refractivity contribution is -0.107. The average Bonchev–Trinajstić information content (AvgIpc) is 2.49. The average molecular weight is 175 g/mol. The van der Waals surface area contributed by atoms with Gasteiger partial charge in [0.15, 0.2) is 0 Å². The molecule has 1 aromatic rings. The quantitative estimate of drug-likeness (QED) is 0.700. The smallest absolute Gasteiger partial charge is 0.124 e. The van der Waals surface area contributed by atoms with E-state index in [1.165, 1.54) is 0 Å². The highest BCUT2D eigenvalue weighted by Crippen LogP contribution is 2.16. The zero-order valence-corrected chi connectivity index (χ0v) is 7.71. The minimum absolute atomic E-state index is 0.440. The van der Waals surface area contributed by atoms with Crippen molar-refractivity contribution in [1.82, 2.24) is 4.98 Å². The number of H-pyrrole nitrogens is 1. The lowest BCUT2D eigenvalue weighted by atomic mass is 10.1. The van der Waals surface area contributed by atoms with Crippen LogP contribution < -0.4 is 0 Å².